The third-order valence-corrected chi connectivity index (χ3v) is 4.52. The number of carbonyl (C=O) groups excluding carboxylic acids is 1. The second kappa shape index (κ2) is 9.54. The number of aryl methyl sites for hydroxylation is 1. The van der Waals surface area contributed by atoms with Crippen molar-refractivity contribution in [2.24, 2.45) is 0 Å². The molecule has 0 spiro atoms. The first-order valence-electron chi connectivity index (χ1n) is 9.59. The number of hydrogen-bond donors (Lipinski definition) is 1. The molecule has 27 heavy (non-hydrogen) atoms. The summed E-state index contributed by atoms with van der Waals surface area (Å²) in [7, 11) is 0. The topological polar surface area (TPSA) is 38.3 Å². The van der Waals surface area contributed by atoms with Gasteiger partial charge in [-0.25, -0.2) is 4.39 Å². The highest BCUT2D eigenvalue weighted by molar-refractivity contribution is 5.81. The number of rotatable bonds is 8. The standard InChI is InChI=1S/C23H30FNO2/c1-5-21(27-20-14-10-18(11-15-20)23(2,3)4)22(26)25-16-6-7-17-8-12-19(24)13-9-17/h8-15,21H,5-7,16H2,1-4H3,(H,25,26)/t21-/m1/s1. The van der Waals surface area contributed by atoms with Crippen molar-refractivity contribution >= 4 is 5.91 Å². The number of hydrogen-bond acceptors (Lipinski definition) is 2. The summed E-state index contributed by atoms with van der Waals surface area (Å²) in [4.78, 5) is 12.4. The third kappa shape index (κ3) is 6.70. The highest BCUT2D eigenvalue weighted by Gasteiger charge is 2.18. The minimum absolute atomic E-state index is 0.0879. The second-order valence-corrected chi connectivity index (χ2v) is 7.81. The minimum Gasteiger partial charge on any atom is -0.481 e. The Kier molecular flexibility index (Phi) is 7.40. The van der Waals surface area contributed by atoms with E-state index in [1.54, 1.807) is 12.1 Å². The number of amides is 1. The lowest BCUT2D eigenvalue weighted by atomic mass is 9.87. The molecule has 146 valence electrons. The molecule has 0 saturated carbocycles. The molecule has 0 radical (unpaired) electrons. The van der Waals surface area contributed by atoms with Gasteiger partial charge in [-0.3, -0.25) is 4.79 Å². The molecular formula is C23H30FNO2. The molecule has 0 aliphatic carbocycles. The van der Waals surface area contributed by atoms with Crippen molar-refractivity contribution in [2.75, 3.05) is 6.54 Å². The van der Waals surface area contributed by atoms with Gasteiger partial charge >= 0.3 is 0 Å². The number of ether oxygens (including phenoxy) is 1. The Bertz CT molecular complexity index is 718. The predicted molar refractivity (Wildman–Crippen MR) is 108 cm³/mol. The van der Waals surface area contributed by atoms with Crippen LogP contribution in [0.5, 0.6) is 5.75 Å². The molecule has 0 saturated heterocycles. The summed E-state index contributed by atoms with van der Waals surface area (Å²) in [5, 5.41) is 2.93. The van der Waals surface area contributed by atoms with E-state index in [1.807, 2.05) is 31.2 Å². The monoisotopic (exact) mass is 371 g/mol. The van der Waals surface area contributed by atoms with Gasteiger partial charge in [0.1, 0.15) is 11.6 Å². The van der Waals surface area contributed by atoms with Crippen molar-refractivity contribution in [3.05, 3.63) is 65.5 Å². The Hall–Kier alpha value is -2.36. The van der Waals surface area contributed by atoms with Crippen LogP contribution in [0.25, 0.3) is 0 Å². The Morgan fingerprint density at radius 3 is 2.26 bits per heavy atom. The number of halogens is 1. The summed E-state index contributed by atoms with van der Waals surface area (Å²) < 4.78 is 18.8. The van der Waals surface area contributed by atoms with Crippen molar-refractivity contribution in [1.82, 2.24) is 5.32 Å². The van der Waals surface area contributed by atoms with E-state index >= 15 is 0 Å². The number of carbonyl (C=O) groups is 1. The van der Waals surface area contributed by atoms with Crippen LogP contribution in [0.4, 0.5) is 4.39 Å². The lowest BCUT2D eigenvalue weighted by molar-refractivity contribution is -0.128. The lowest BCUT2D eigenvalue weighted by Crippen LogP contribution is -2.38. The average Bonchev–Trinajstić information content (AvgIpc) is 2.64. The van der Waals surface area contributed by atoms with Crippen molar-refractivity contribution < 1.29 is 13.9 Å². The van der Waals surface area contributed by atoms with Crippen molar-refractivity contribution in [3.8, 4) is 5.75 Å². The van der Waals surface area contributed by atoms with Gasteiger partial charge in [0.2, 0.25) is 0 Å². The fourth-order valence-electron chi connectivity index (χ4n) is 2.79. The normalized spacial score (nSPS) is 12.5. The molecule has 2 aromatic carbocycles. The molecule has 0 aromatic heterocycles. The molecule has 0 bridgehead atoms. The van der Waals surface area contributed by atoms with Crippen LogP contribution in [0, 0.1) is 5.82 Å². The molecule has 4 heteroatoms. The maximum atomic E-state index is 12.9. The van der Waals surface area contributed by atoms with E-state index in [0.29, 0.717) is 18.7 Å². The molecule has 0 heterocycles. The molecule has 2 aromatic rings. The second-order valence-electron chi connectivity index (χ2n) is 7.81. The average molecular weight is 371 g/mol. The summed E-state index contributed by atoms with van der Waals surface area (Å²) in [6.07, 6.45) is 1.70. The Morgan fingerprint density at radius 2 is 1.70 bits per heavy atom. The van der Waals surface area contributed by atoms with Crippen LogP contribution in [0.1, 0.15) is 51.7 Å². The van der Waals surface area contributed by atoms with Crippen molar-refractivity contribution in [3.63, 3.8) is 0 Å². The van der Waals surface area contributed by atoms with Gasteiger partial charge < -0.3 is 10.1 Å². The molecule has 0 aliphatic rings. The fraction of sp³-hybridized carbons (Fsp3) is 0.435. The van der Waals surface area contributed by atoms with Crippen LogP contribution in [0.2, 0.25) is 0 Å². The van der Waals surface area contributed by atoms with Crippen LogP contribution in [0.15, 0.2) is 48.5 Å². The smallest absolute Gasteiger partial charge is 0.261 e. The van der Waals surface area contributed by atoms with Gasteiger partial charge in [0.05, 0.1) is 0 Å². The fourth-order valence-corrected chi connectivity index (χ4v) is 2.79. The molecule has 0 fully saturated rings. The lowest BCUT2D eigenvalue weighted by Gasteiger charge is -2.21. The quantitative estimate of drug-likeness (QED) is 0.661. The van der Waals surface area contributed by atoms with Crippen molar-refractivity contribution in [1.29, 1.82) is 0 Å². The SMILES string of the molecule is CC[C@@H](Oc1ccc(C(C)(C)C)cc1)C(=O)NCCCc1ccc(F)cc1. The molecule has 3 nitrogen and oxygen atoms in total. The summed E-state index contributed by atoms with van der Waals surface area (Å²) in [5.41, 5.74) is 2.38. The van der Waals surface area contributed by atoms with Gasteiger partial charge in [-0.2, -0.15) is 0 Å². The maximum Gasteiger partial charge on any atom is 0.261 e. The first-order valence-corrected chi connectivity index (χ1v) is 9.59. The zero-order valence-electron chi connectivity index (χ0n) is 16.7. The Morgan fingerprint density at radius 1 is 1.07 bits per heavy atom. The first kappa shape index (κ1) is 20.9. The molecule has 1 N–H and O–H groups in total. The van der Waals surface area contributed by atoms with E-state index in [2.05, 4.69) is 26.1 Å². The van der Waals surface area contributed by atoms with E-state index in [4.69, 9.17) is 4.74 Å². The zero-order chi connectivity index (χ0) is 19.9. The van der Waals surface area contributed by atoms with Crippen LogP contribution >= 0.6 is 0 Å². The Labute approximate surface area is 161 Å². The molecule has 0 unspecified atom stereocenters. The van der Waals surface area contributed by atoms with E-state index < -0.39 is 6.10 Å². The van der Waals surface area contributed by atoms with Gasteiger partial charge in [-0.15, -0.1) is 0 Å². The van der Waals surface area contributed by atoms with E-state index in [1.165, 1.54) is 17.7 Å². The van der Waals surface area contributed by atoms with Crippen LogP contribution in [-0.4, -0.2) is 18.6 Å². The van der Waals surface area contributed by atoms with Gasteiger partial charge in [-0.1, -0.05) is 52.0 Å². The summed E-state index contributed by atoms with van der Waals surface area (Å²) >= 11 is 0. The van der Waals surface area contributed by atoms with Gasteiger partial charge in [0.15, 0.2) is 6.10 Å². The molecule has 1 amide bonds. The summed E-state index contributed by atoms with van der Waals surface area (Å²) in [5.74, 6) is 0.373. The molecule has 2 rings (SSSR count). The highest BCUT2D eigenvalue weighted by atomic mass is 19.1. The van der Waals surface area contributed by atoms with E-state index in [9.17, 15) is 9.18 Å². The van der Waals surface area contributed by atoms with E-state index in [-0.39, 0.29) is 17.1 Å². The third-order valence-electron chi connectivity index (χ3n) is 4.52. The van der Waals surface area contributed by atoms with E-state index in [0.717, 1.165) is 18.4 Å². The summed E-state index contributed by atoms with van der Waals surface area (Å²) in [6.45, 7) is 9.00. The van der Waals surface area contributed by atoms with Crippen molar-refractivity contribution in [2.45, 2.75) is 58.5 Å². The predicted octanol–water partition coefficient (Wildman–Crippen LogP) is 5.03. The molecule has 1 atom stereocenters. The first-order chi connectivity index (χ1) is 12.8. The van der Waals surface area contributed by atoms with Crippen LogP contribution in [0.3, 0.4) is 0 Å². The minimum atomic E-state index is -0.503. The zero-order valence-corrected chi connectivity index (χ0v) is 16.7. The Balaban J connectivity index is 1.80. The van der Waals surface area contributed by atoms with Gasteiger partial charge in [-0.05, 0) is 60.1 Å². The van der Waals surface area contributed by atoms with Crippen LogP contribution in [-0.2, 0) is 16.6 Å². The molecule has 0 aliphatic heterocycles. The summed E-state index contributed by atoms with van der Waals surface area (Å²) in [6, 6.07) is 14.4. The molecular weight excluding hydrogens is 341 g/mol. The van der Waals surface area contributed by atoms with Crippen LogP contribution < -0.4 is 10.1 Å². The highest BCUT2D eigenvalue weighted by Crippen LogP contribution is 2.24. The van der Waals surface area contributed by atoms with Gasteiger partial charge in [0.25, 0.3) is 5.91 Å². The number of benzene rings is 2. The number of nitrogens with one attached hydrogen (secondary N) is 1. The van der Waals surface area contributed by atoms with Gasteiger partial charge in [0, 0.05) is 6.54 Å². The maximum absolute atomic E-state index is 12.9. The largest absolute Gasteiger partial charge is 0.481 e.